The molecule has 88 valence electrons. The van der Waals surface area contributed by atoms with Gasteiger partial charge in [0.05, 0.1) is 7.11 Å². The van der Waals surface area contributed by atoms with Crippen LogP contribution in [0.4, 0.5) is 0 Å². The fraction of sp³-hybridized carbons (Fsp3) is 0.500. The van der Waals surface area contributed by atoms with Crippen LogP contribution >= 0.6 is 0 Å². The minimum atomic E-state index is 0.283. The first-order valence-corrected chi connectivity index (χ1v) is 5.44. The average Bonchev–Trinajstić information content (AvgIpc) is 2.75. The molecule has 1 aromatic rings. The predicted octanol–water partition coefficient (Wildman–Crippen LogP) is 1.88. The molecule has 0 radical (unpaired) electrons. The molecule has 1 aliphatic rings. The quantitative estimate of drug-likeness (QED) is 0.846. The highest BCUT2D eigenvalue weighted by Gasteiger charge is 2.22. The fourth-order valence-electron chi connectivity index (χ4n) is 1.90. The molecule has 1 heterocycles. The normalized spacial score (nSPS) is 14.9. The van der Waals surface area contributed by atoms with Crippen LogP contribution in [0.1, 0.15) is 24.8 Å². The van der Waals surface area contributed by atoms with Crippen LogP contribution < -0.4 is 19.9 Å². The van der Waals surface area contributed by atoms with E-state index in [9.17, 15) is 0 Å². The van der Waals surface area contributed by atoms with E-state index in [1.807, 2.05) is 12.1 Å². The highest BCUT2D eigenvalue weighted by atomic mass is 16.7. The van der Waals surface area contributed by atoms with Crippen LogP contribution in [0.3, 0.4) is 0 Å². The number of hydrogen-bond donors (Lipinski definition) is 1. The molecule has 0 aliphatic carbocycles. The molecular formula is C12H17NO3. The minimum Gasteiger partial charge on any atom is -0.497 e. The second-order valence-corrected chi connectivity index (χ2v) is 3.93. The maximum absolute atomic E-state index is 5.58. The third-order valence-corrected chi connectivity index (χ3v) is 2.84. The van der Waals surface area contributed by atoms with E-state index >= 15 is 0 Å². The Morgan fingerprint density at radius 1 is 1.44 bits per heavy atom. The van der Waals surface area contributed by atoms with Gasteiger partial charge in [-0.15, -0.1) is 0 Å². The van der Waals surface area contributed by atoms with E-state index in [4.69, 9.17) is 19.9 Å². The van der Waals surface area contributed by atoms with E-state index in [2.05, 4.69) is 6.92 Å². The third kappa shape index (κ3) is 1.93. The van der Waals surface area contributed by atoms with Crippen molar-refractivity contribution >= 4 is 0 Å². The largest absolute Gasteiger partial charge is 0.497 e. The van der Waals surface area contributed by atoms with Crippen LogP contribution in [0.15, 0.2) is 12.1 Å². The Morgan fingerprint density at radius 2 is 2.25 bits per heavy atom. The zero-order chi connectivity index (χ0) is 11.5. The van der Waals surface area contributed by atoms with Crippen molar-refractivity contribution in [3.05, 3.63) is 17.7 Å². The molecule has 2 rings (SSSR count). The molecule has 0 bridgehead atoms. The summed E-state index contributed by atoms with van der Waals surface area (Å²) in [4.78, 5) is 0. The number of benzene rings is 1. The lowest BCUT2D eigenvalue weighted by atomic mass is 9.96. The second kappa shape index (κ2) is 4.61. The van der Waals surface area contributed by atoms with Gasteiger partial charge in [0.2, 0.25) is 6.79 Å². The van der Waals surface area contributed by atoms with Crippen LogP contribution in [0.5, 0.6) is 17.2 Å². The molecule has 1 unspecified atom stereocenters. The van der Waals surface area contributed by atoms with Gasteiger partial charge in [0.25, 0.3) is 0 Å². The van der Waals surface area contributed by atoms with Gasteiger partial charge in [0, 0.05) is 11.6 Å². The molecule has 16 heavy (non-hydrogen) atoms. The summed E-state index contributed by atoms with van der Waals surface area (Å²) in [5.74, 6) is 2.73. The number of ether oxygens (including phenoxy) is 3. The number of methoxy groups -OCH3 is 1. The van der Waals surface area contributed by atoms with Gasteiger partial charge in [-0.2, -0.15) is 0 Å². The molecule has 0 saturated carbocycles. The smallest absolute Gasteiger partial charge is 0.231 e. The Bertz CT molecular complexity index is 379. The number of hydrogen-bond acceptors (Lipinski definition) is 4. The van der Waals surface area contributed by atoms with Gasteiger partial charge in [-0.05, 0) is 24.9 Å². The first kappa shape index (κ1) is 11.1. The van der Waals surface area contributed by atoms with E-state index in [1.165, 1.54) is 0 Å². The van der Waals surface area contributed by atoms with Gasteiger partial charge in [0.15, 0.2) is 11.5 Å². The first-order valence-electron chi connectivity index (χ1n) is 5.44. The van der Waals surface area contributed by atoms with Crippen molar-refractivity contribution in [1.82, 2.24) is 0 Å². The molecule has 0 saturated heterocycles. The fourth-order valence-corrected chi connectivity index (χ4v) is 1.90. The summed E-state index contributed by atoms with van der Waals surface area (Å²) in [6.45, 7) is 3.07. The SMILES string of the molecule is COc1cc2c(c(C(C)CCN)c1)OCO2. The van der Waals surface area contributed by atoms with Crippen LogP contribution in [-0.2, 0) is 0 Å². The third-order valence-electron chi connectivity index (χ3n) is 2.84. The van der Waals surface area contributed by atoms with E-state index in [1.54, 1.807) is 7.11 Å². The van der Waals surface area contributed by atoms with Crippen molar-refractivity contribution in [2.45, 2.75) is 19.3 Å². The maximum atomic E-state index is 5.58. The summed E-state index contributed by atoms with van der Waals surface area (Å²) < 4.78 is 16.1. The van der Waals surface area contributed by atoms with Gasteiger partial charge in [-0.1, -0.05) is 6.92 Å². The summed E-state index contributed by atoms with van der Waals surface area (Å²) in [7, 11) is 1.65. The van der Waals surface area contributed by atoms with E-state index in [0.717, 1.165) is 29.2 Å². The lowest BCUT2D eigenvalue weighted by Crippen LogP contribution is -2.05. The van der Waals surface area contributed by atoms with Gasteiger partial charge in [-0.3, -0.25) is 0 Å². The van der Waals surface area contributed by atoms with E-state index < -0.39 is 0 Å². The molecule has 2 N–H and O–H groups in total. The summed E-state index contributed by atoms with van der Waals surface area (Å²) in [6, 6.07) is 3.84. The molecule has 0 fully saturated rings. The standard InChI is InChI=1S/C12H17NO3/c1-8(3-4-13)10-5-9(14-2)6-11-12(10)16-7-15-11/h5-6,8H,3-4,7,13H2,1-2H3. The Morgan fingerprint density at radius 3 is 2.94 bits per heavy atom. The van der Waals surface area contributed by atoms with Crippen molar-refractivity contribution < 1.29 is 14.2 Å². The Balaban J connectivity index is 2.38. The van der Waals surface area contributed by atoms with Gasteiger partial charge in [-0.25, -0.2) is 0 Å². The van der Waals surface area contributed by atoms with Crippen molar-refractivity contribution in [3.63, 3.8) is 0 Å². The molecule has 0 aromatic heterocycles. The number of fused-ring (bicyclic) bond motifs is 1. The predicted molar refractivity (Wildman–Crippen MR) is 61.2 cm³/mol. The van der Waals surface area contributed by atoms with Gasteiger partial charge in [0.1, 0.15) is 5.75 Å². The lowest BCUT2D eigenvalue weighted by molar-refractivity contribution is 0.173. The first-order chi connectivity index (χ1) is 7.76. The average molecular weight is 223 g/mol. The van der Waals surface area contributed by atoms with E-state index in [0.29, 0.717) is 12.5 Å². The van der Waals surface area contributed by atoms with Crippen LogP contribution in [0.25, 0.3) is 0 Å². The summed E-state index contributed by atoms with van der Waals surface area (Å²) in [5.41, 5.74) is 6.69. The Labute approximate surface area is 95.3 Å². The van der Waals surface area contributed by atoms with Crippen LogP contribution in [-0.4, -0.2) is 20.4 Å². The molecule has 0 amide bonds. The molecular weight excluding hydrogens is 206 g/mol. The molecule has 4 heteroatoms. The zero-order valence-electron chi connectivity index (χ0n) is 9.66. The summed E-state index contributed by atoms with van der Waals surface area (Å²) in [5, 5.41) is 0. The van der Waals surface area contributed by atoms with Crippen molar-refractivity contribution in [1.29, 1.82) is 0 Å². The van der Waals surface area contributed by atoms with Crippen molar-refractivity contribution in [3.8, 4) is 17.2 Å². The lowest BCUT2D eigenvalue weighted by Gasteiger charge is -2.14. The molecule has 1 aliphatic heterocycles. The minimum absolute atomic E-state index is 0.283. The second-order valence-electron chi connectivity index (χ2n) is 3.93. The highest BCUT2D eigenvalue weighted by Crippen LogP contribution is 2.43. The molecule has 1 aromatic carbocycles. The number of nitrogens with two attached hydrogens (primary N) is 1. The molecule has 0 spiro atoms. The zero-order valence-corrected chi connectivity index (χ0v) is 9.66. The van der Waals surface area contributed by atoms with Crippen molar-refractivity contribution in [2.24, 2.45) is 5.73 Å². The van der Waals surface area contributed by atoms with Crippen molar-refractivity contribution in [2.75, 3.05) is 20.4 Å². The van der Waals surface area contributed by atoms with Gasteiger partial charge < -0.3 is 19.9 Å². The maximum Gasteiger partial charge on any atom is 0.231 e. The monoisotopic (exact) mass is 223 g/mol. The highest BCUT2D eigenvalue weighted by molar-refractivity contribution is 5.54. The number of rotatable bonds is 4. The van der Waals surface area contributed by atoms with E-state index in [-0.39, 0.29) is 6.79 Å². The molecule has 4 nitrogen and oxygen atoms in total. The Hall–Kier alpha value is -1.42. The van der Waals surface area contributed by atoms with Gasteiger partial charge >= 0.3 is 0 Å². The molecule has 1 atom stereocenters. The van der Waals surface area contributed by atoms with Crippen LogP contribution in [0.2, 0.25) is 0 Å². The summed E-state index contributed by atoms with van der Waals surface area (Å²) >= 11 is 0. The topological polar surface area (TPSA) is 53.7 Å². The summed E-state index contributed by atoms with van der Waals surface area (Å²) in [6.07, 6.45) is 0.920. The Kier molecular flexibility index (Phi) is 3.19. The van der Waals surface area contributed by atoms with Crippen LogP contribution in [0, 0.1) is 0 Å².